The second kappa shape index (κ2) is 6.23. The van der Waals surface area contributed by atoms with E-state index in [0.717, 1.165) is 31.5 Å². The minimum absolute atomic E-state index is 0.206. The molecule has 3 atom stereocenters. The Morgan fingerprint density at radius 2 is 2.05 bits per heavy atom. The van der Waals surface area contributed by atoms with Crippen LogP contribution in [0.4, 0.5) is 0 Å². The van der Waals surface area contributed by atoms with Crippen molar-refractivity contribution in [3.8, 4) is 0 Å². The quantitative estimate of drug-likeness (QED) is 0.921. The lowest BCUT2D eigenvalue weighted by Gasteiger charge is -2.43. The highest BCUT2D eigenvalue weighted by Gasteiger charge is 2.36. The Morgan fingerprint density at radius 3 is 2.65 bits per heavy atom. The van der Waals surface area contributed by atoms with Crippen LogP contribution in [-0.2, 0) is 6.54 Å². The molecule has 0 saturated heterocycles. The molecule has 1 saturated carbocycles. The van der Waals surface area contributed by atoms with Crippen molar-refractivity contribution in [1.29, 1.82) is 0 Å². The Balaban J connectivity index is 2.02. The first kappa shape index (κ1) is 15.5. The zero-order chi connectivity index (χ0) is 14.8. The molecular weight excluding hydrogens is 248 g/mol. The van der Waals surface area contributed by atoms with E-state index in [1.807, 2.05) is 24.4 Å². The smallest absolute Gasteiger partial charge is 0.0695 e. The Morgan fingerprint density at radius 1 is 1.30 bits per heavy atom. The fourth-order valence-corrected chi connectivity index (χ4v) is 3.26. The molecule has 3 heteroatoms. The molecule has 0 amide bonds. The molecule has 0 bridgehead atoms. The predicted octanol–water partition coefficient (Wildman–Crippen LogP) is 3.09. The van der Waals surface area contributed by atoms with E-state index >= 15 is 0 Å². The summed E-state index contributed by atoms with van der Waals surface area (Å²) in [4.78, 5) is 6.65. The van der Waals surface area contributed by atoms with Gasteiger partial charge in [-0.1, -0.05) is 26.8 Å². The number of rotatable bonds is 3. The monoisotopic (exact) mass is 276 g/mol. The number of pyridine rings is 1. The zero-order valence-corrected chi connectivity index (χ0v) is 13.2. The van der Waals surface area contributed by atoms with Gasteiger partial charge in [0, 0.05) is 18.8 Å². The number of hydrogen-bond donors (Lipinski definition) is 1. The highest BCUT2D eigenvalue weighted by atomic mass is 16.3. The van der Waals surface area contributed by atoms with Gasteiger partial charge >= 0.3 is 0 Å². The second-order valence-corrected chi connectivity index (χ2v) is 7.25. The third-order valence-corrected chi connectivity index (χ3v) is 4.71. The lowest BCUT2D eigenvalue weighted by Crippen LogP contribution is -2.47. The maximum absolute atomic E-state index is 10.3. The molecule has 2 rings (SSSR count). The molecule has 1 aliphatic rings. The number of aliphatic hydroxyl groups is 1. The van der Waals surface area contributed by atoms with E-state index in [1.165, 1.54) is 0 Å². The van der Waals surface area contributed by atoms with Crippen molar-refractivity contribution in [2.24, 2.45) is 11.3 Å². The van der Waals surface area contributed by atoms with E-state index < -0.39 is 0 Å². The fraction of sp³-hybridized carbons (Fsp3) is 0.706. The normalized spacial score (nSPS) is 27.8. The molecule has 1 aliphatic carbocycles. The van der Waals surface area contributed by atoms with Gasteiger partial charge in [0.15, 0.2) is 0 Å². The number of aliphatic hydroxyl groups excluding tert-OH is 1. The van der Waals surface area contributed by atoms with Crippen LogP contribution in [-0.4, -0.2) is 34.2 Å². The summed E-state index contributed by atoms with van der Waals surface area (Å²) < 4.78 is 0. The van der Waals surface area contributed by atoms with Gasteiger partial charge in [-0.3, -0.25) is 9.88 Å². The number of likely N-dealkylation sites (N-methyl/N-ethyl adjacent to an activating group) is 1. The average Bonchev–Trinajstić information content (AvgIpc) is 2.39. The van der Waals surface area contributed by atoms with Gasteiger partial charge in [-0.05, 0) is 49.8 Å². The van der Waals surface area contributed by atoms with Gasteiger partial charge in [0.05, 0.1) is 11.8 Å². The Hall–Kier alpha value is -0.930. The largest absolute Gasteiger partial charge is 0.391 e. The number of aromatic nitrogens is 1. The number of hydrogen-bond acceptors (Lipinski definition) is 3. The van der Waals surface area contributed by atoms with Crippen molar-refractivity contribution in [3.05, 3.63) is 30.1 Å². The van der Waals surface area contributed by atoms with Crippen molar-refractivity contribution in [1.82, 2.24) is 9.88 Å². The fourth-order valence-electron chi connectivity index (χ4n) is 3.26. The zero-order valence-electron chi connectivity index (χ0n) is 13.2. The van der Waals surface area contributed by atoms with Crippen LogP contribution in [0.3, 0.4) is 0 Å². The van der Waals surface area contributed by atoms with Gasteiger partial charge in [0.1, 0.15) is 0 Å². The van der Waals surface area contributed by atoms with Gasteiger partial charge in [-0.15, -0.1) is 0 Å². The molecule has 1 aromatic rings. The van der Waals surface area contributed by atoms with Crippen LogP contribution in [0.25, 0.3) is 0 Å². The summed E-state index contributed by atoms with van der Waals surface area (Å²) in [5.41, 5.74) is 1.39. The topological polar surface area (TPSA) is 36.4 Å². The third kappa shape index (κ3) is 3.80. The summed E-state index contributed by atoms with van der Waals surface area (Å²) in [5.74, 6) is 0.682. The van der Waals surface area contributed by atoms with Crippen molar-refractivity contribution < 1.29 is 5.11 Å². The van der Waals surface area contributed by atoms with Gasteiger partial charge in [-0.25, -0.2) is 0 Å². The molecule has 0 spiro atoms. The van der Waals surface area contributed by atoms with Gasteiger partial charge < -0.3 is 5.11 Å². The van der Waals surface area contributed by atoms with Crippen LogP contribution in [0.5, 0.6) is 0 Å². The van der Waals surface area contributed by atoms with Crippen LogP contribution in [0.2, 0.25) is 0 Å². The van der Waals surface area contributed by atoms with E-state index in [-0.39, 0.29) is 12.1 Å². The van der Waals surface area contributed by atoms with Crippen molar-refractivity contribution in [2.45, 2.75) is 58.7 Å². The van der Waals surface area contributed by atoms with Crippen LogP contribution in [0.1, 0.15) is 45.7 Å². The van der Waals surface area contributed by atoms with E-state index in [4.69, 9.17) is 0 Å². The standard InChI is InChI=1S/C17H28N2O/c1-17(2,3)13-8-9-16(20)15(11-13)19(4)12-14-7-5-6-10-18-14/h5-7,10,13,15-16,20H,8-9,11-12H2,1-4H3. The minimum atomic E-state index is -0.206. The SMILES string of the molecule is CN(Cc1ccccn1)C1CC(C(C)(C)C)CCC1O. The minimum Gasteiger partial charge on any atom is -0.391 e. The first-order valence-electron chi connectivity index (χ1n) is 7.66. The first-order chi connectivity index (χ1) is 9.38. The van der Waals surface area contributed by atoms with Crippen molar-refractivity contribution in [2.75, 3.05) is 7.05 Å². The van der Waals surface area contributed by atoms with Crippen LogP contribution < -0.4 is 0 Å². The summed E-state index contributed by atoms with van der Waals surface area (Å²) in [6.07, 6.45) is 4.76. The molecule has 3 unspecified atom stereocenters. The summed E-state index contributed by atoms with van der Waals surface area (Å²) in [6.45, 7) is 7.74. The van der Waals surface area contributed by atoms with Gasteiger partial charge in [0.2, 0.25) is 0 Å². The van der Waals surface area contributed by atoms with E-state index in [0.29, 0.717) is 11.3 Å². The predicted molar refractivity (Wildman–Crippen MR) is 82.3 cm³/mol. The van der Waals surface area contributed by atoms with Crippen LogP contribution >= 0.6 is 0 Å². The highest BCUT2D eigenvalue weighted by Crippen LogP contribution is 2.39. The maximum Gasteiger partial charge on any atom is 0.0695 e. The molecule has 112 valence electrons. The number of nitrogens with zero attached hydrogens (tertiary/aromatic N) is 2. The van der Waals surface area contributed by atoms with E-state index in [1.54, 1.807) is 0 Å². The van der Waals surface area contributed by atoms with E-state index in [9.17, 15) is 5.11 Å². The molecule has 3 nitrogen and oxygen atoms in total. The Labute approximate surface area is 123 Å². The average molecular weight is 276 g/mol. The van der Waals surface area contributed by atoms with E-state index in [2.05, 4.69) is 37.7 Å². The summed E-state index contributed by atoms with van der Waals surface area (Å²) in [6, 6.07) is 6.25. The summed E-state index contributed by atoms with van der Waals surface area (Å²) in [5, 5.41) is 10.3. The van der Waals surface area contributed by atoms with Crippen LogP contribution in [0.15, 0.2) is 24.4 Å². The van der Waals surface area contributed by atoms with Gasteiger partial charge in [0.25, 0.3) is 0 Å². The molecule has 0 aromatic carbocycles. The molecule has 1 fully saturated rings. The Kier molecular flexibility index (Phi) is 4.82. The second-order valence-electron chi connectivity index (χ2n) is 7.25. The molecule has 1 N–H and O–H groups in total. The van der Waals surface area contributed by atoms with Crippen LogP contribution in [0, 0.1) is 11.3 Å². The molecule has 0 aliphatic heterocycles. The first-order valence-corrected chi connectivity index (χ1v) is 7.66. The summed E-state index contributed by atoms with van der Waals surface area (Å²) in [7, 11) is 2.10. The molecule has 1 aromatic heterocycles. The third-order valence-electron chi connectivity index (χ3n) is 4.71. The Bertz CT molecular complexity index is 413. The molecule has 1 heterocycles. The maximum atomic E-state index is 10.3. The lowest BCUT2D eigenvalue weighted by molar-refractivity contribution is -0.0106. The molecule has 0 radical (unpaired) electrons. The summed E-state index contributed by atoms with van der Waals surface area (Å²) >= 11 is 0. The molecular formula is C17H28N2O. The van der Waals surface area contributed by atoms with Crippen molar-refractivity contribution in [3.63, 3.8) is 0 Å². The lowest BCUT2D eigenvalue weighted by atomic mass is 9.70. The van der Waals surface area contributed by atoms with Crippen molar-refractivity contribution >= 4 is 0 Å². The highest BCUT2D eigenvalue weighted by molar-refractivity contribution is 5.04. The van der Waals surface area contributed by atoms with Gasteiger partial charge in [-0.2, -0.15) is 0 Å². The molecule has 20 heavy (non-hydrogen) atoms.